The molecular formula is C23H27N5O2. The number of carbonyl (C=O) groups is 2. The van der Waals surface area contributed by atoms with E-state index in [0.29, 0.717) is 25.2 Å². The van der Waals surface area contributed by atoms with E-state index in [1.807, 2.05) is 30.3 Å². The highest BCUT2D eigenvalue weighted by atomic mass is 16.2. The number of rotatable bonds is 4. The summed E-state index contributed by atoms with van der Waals surface area (Å²) in [5.41, 5.74) is 12.5. The minimum absolute atomic E-state index is 0.0517. The number of aliphatic imine (C=N–C) groups is 1. The van der Waals surface area contributed by atoms with E-state index < -0.39 is 0 Å². The maximum atomic E-state index is 11.8. The Balaban J connectivity index is 1.76. The predicted octanol–water partition coefficient (Wildman–Crippen LogP) is 2.19. The van der Waals surface area contributed by atoms with Gasteiger partial charge in [-0.25, -0.2) is 0 Å². The molecule has 1 aliphatic rings. The van der Waals surface area contributed by atoms with Crippen LogP contribution in [0.3, 0.4) is 0 Å². The van der Waals surface area contributed by atoms with Crippen LogP contribution >= 0.6 is 0 Å². The number of likely N-dealkylation sites (tertiary alicyclic amines) is 1. The molecule has 0 spiro atoms. The first-order valence-electron chi connectivity index (χ1n) is 9.89. The fourth-order valence-electron chi connectivity index (χ4n) is 3.52. The molecule has 3 rings (SSSR count). The van der Waals surface area contributed by atoms with Gasteiger partial charge < -0.3 is 16.0 Å². The number of nitrogens with two attached hydrogens (primary N) is 1. The second-order valence-corrected chi connectivity index (χ2v) is 7.25. The van der Waals surface area contributed by atoms with Gasteiger partial charge in [0.2, 0.25) is 5.91 Å². The largest absolute Gasteiger partial charge is 0.401 e. The molecule has 156 valence electrons. The lowest BCUT2D eigenvalue weighted by Crippen LogP contribution is -2.40. The number of amides is 2. The lowest BCUT2D eigenvalue weighted by atomic mass is 9.96. The summed E-state index contributed by atoms with van der Waals surface area (Å²) in [4.78, 5) is 33.8. The highest BCUT2D eigenvalue weighted by Gasteiger charge is 2.23. The molecule has 0 bridgehead atoms. The number of nitrogens with one attached hydrogen (secondary N) is 1. The Morgan fingerprint density at radius 3 is 2.43 bits per heavy atom. The molecule has 1 fully saturated rings. The second-order valence-electron chi connectivity index (χ2n) is 7.25. The minimum atomic E-state index is -0.207. The standard InChI is InChI=1S/C23H27N5O2/c1-15(29)28-11-10-21(25-2)19(14-28)20(24)12-16-4-6-17(7-5-16)18-8-9-22(27-13-18)23(30)26-3/h4-9,13H,10-12,14,24H2,1-3H3,(H,26,30). The van der Waals surface area contributed by atoms with Gasteiger partial charge in [-0.1, -0.05) is 30.3 Å². The highest BCUT2D eigenvalue weighted by Crippen LogP contribution is 2.22. The Labute approximate surface area is 176 Å². The average molecular weight is 406 g/mol. The fraction of sp³-hybridized carbons (Fsp3) is 0.304. The number of allylic oxidation sites excluding steroid dienone is 1. The van der Waals surface area contributed by atoms with Crippen LogP contribution in [0.5, 0.6) is 0 Å². The summed E-state index contributed by atoms with van der Waals surface area (Å²) in [6.07, 6.45) is 3.01. The Hall–Kier alpha value is -3.48. The monoisotopic (exact) mass is 405 g/mol. The number of carbonyl (C=O) groups excluding carboxylic acids is 2. The molecule has 0 saturated carbocycles. The third-order valence-corrected chi connectivity index (χ3v) is 5.32. The maximum Gasteiger partial charge on any atom is 0.269 e. The van der Waals surface area contributed by atoms with Gasteiger partial charge in [-0.3, -0.25) is 19.6 Å². The molecular weight excluding hydrogens is 378 g/mol. The van der Waals surface area contributed by atoms with Gasteiger partial charge in [0.1, 0.15) is 5.69 Å². The summed E-state index contributed by atoms with van der Waals surface area (Å²) in [5.74, 6) is -0.155. The quantitative estimate of drug-likeness (QED) is 0.814. The summed E-state index contributed by atoms with van der Waals surface area (Å²) in [6.45, 7) is 2.77. The molecule has 7 heteroatoms. The predicted molar refractivity (Wildman–Crippen MR) is 118 cm³/mol. The fourth-order valence-corrected chi connectivity index (χ4v) is 3.52. The Kier molecular flexibility index (Phi) is 6.61. The van der Waals surface area contributed by atoms with E-state index in [2.05, 4.69) is 15.3 Å². The SMILES string of the molecule is CN=C1CCN(C(C)=O)CC1=C(N)Cc1ccc(-c2ccc(C(=O)NC)nc2)cc1. The Morgan fingerprint density at radius 1 is 1.17 bits per heavy atom. The molecule has 30 heavy (non-hydrogen) atoms. The summed E-state index contributed by atoms with van der Waals surface area (Å²) in [6, 6.07) is 11.7. The van der Waals surface area contributed by atoms with Crippen molar-refractivity contribution in [3.8, 4) is 11.1 Å². The summed E-state index contributed by atoms with van der Waals surface area (Å²) in [5, 5.41) is 2.56. The number of piperidine rings is 1. The van der Waals surface area contributed by atoms with Crippen molar-refractivity contribution in [2.75, 3.05) is 27.2 Å². The van der Waals surface area contributed by atoms with Crippen LogP contribution in [0.1, 0.15) is 29.4 Å². The van der Waals surface area contributed by atoms with E-state index in [4.69, 9.17) is 5.73 Å². The van der Waals surface area contributed by atoms with Crippen molar-refractivity contribution in [3.63, 3.8) is 0 Å². The molecule has 3 N–H and O–H groups in total. The van der Waals surface area contributed by atoms with Crippen molar-refractivity contribution in [2.45, 2.75) is 19.8 Å². The first-order chi connectivity index (χ1) is 14.4. The van der Waals surface area contributed by atoms with E-state index >= 15 is 0 Å². The summed E-state index contributed by atoms with van der Waals surface area (Å²) < 4.78 is 0. The minimum Gasteiger partial charge on any atom is -0.401 e. The van der Waals surface area contributed by atoms with Crippen LogP contribution in [-0.2, 0) is 11.2 Å². The number of hydrogen-bond acceptors (Lipinski definition) is 5. The topological polar surface area (TPSA) is 101 Å². The number of benzene rings is 1. The molecule has 0 radical (unpaired) electrons. The van der Waals surface area contributed by atoms with Gasteiger partial charge in [0.25, 0.3) is 5.91 Å². The van der Waals surface area contributed by atoms with Gasteiger partial charge in [0.15, 0.2) is 0 Å². The summed E-state index contributed by atoms with van der Waals surface area (Å²) >= 11 is 0. The van der Waals surface area contributed by atoms with E-state index in [9.17, 15) is 9.59 Å². The van der Waals surface area contributed by atoms with Crippen molar-refractivity contribution in [1.82, 2.24) is 15.2 Å². The van der Waals surface area contributed by atoms with Crippen molar-refractivity contribution in [2.24, 2.45) is 10.7 Å². The Bertz CT molecular complexity index is 991. The molecule has 0 aliphatic carbocycles. The van der Waals surface area contributed by atoms with E-state index in [0.717, 1.165) is 40.1 Å². The van der Waals surface area contributed by atoms with Gasteiger partial charge in [-0.15, -0.1) is 0 Å². The summed E-state index contributed by atoms with van der Waals surface area (Å²) in [7, 11) is 3.35. The highest BCUT2D eigenvalue weighted by molar-refractivity contribution is 6.02. The van der Waals surface area contributed by atoms with Gasteiger partial charge in [-0.05, 0) is 17.2 Å². The number of pyridine rings is 1. The first-order valence-corrected chi connectivity index (χ1v) is 9.89. The van der Waals surface area contributed by atoms with E-state index in [-0.39, 0.29) is 11.8 Å². The third-order valence-electron chi connectivity index (χ3n) is 5.32. The van der Waals surface area contributed by atoms with Gasteiger partial charge in [0.05, 0.1) is 0 Å². The van der Waals surface area contributed by atoms with Crippen LogP contribution in [0.4, 0.5) is 0 Å². The third kappa shape index (κ3) is 4.74. The molecule has 2 heterocycles. The molecule has 1 aromatic heterocycles. The maximum absolute atomic E-state index is 11.8. The van der Waals surface area contributed by atoms with Crippen LogP contribution in [0.15, 0.2) is 58.9 Å². The molecule has 2 amide bonds. The number of hydrogen-bond donors (Lipinski definition) is 2. The Morgan fingerprint density at radius 2 is 1.87 bits per heavy atom. The van der Waals surface area contributed by atoms with Gasteiger partial charge >= 0.3 is 0 Å². The van der Waals surface area contributed by atoms with Crippen LogP contribution in [0.25, 0.3) is 11.1 Å². The molecule has 1 aliphatic heterocycles. The normalized spacial score (nSPS) is 17.0. The van der Waals surface area contributed by atoms with Gasteiger partial charge in [-0.2, -0.15) is 0 Å². The average Bonchev–Trinajstić information content (AvgIpc) is 2.78. The first kappa shape index (κ1) is 21.2. The van der Waals surface area contributed by atoms with Crippen molar-refractivity contribution >= 4 is 17.5 Å². The molecule has 7 nitrogen and oxygen atoms in total. The van der Waals surface area contributed by atoms with Crippen LogP contribution in [0, 0.1) is 0 Å². The van der Waals surface area contributed by atoms with E-state index in [1.54, 1.807) is 38.2 Å². The number of aromatic nitrogens is 1. The van der Waals surface area contributed by atoms with E-state index in [1.165, 1.54) is 0 Å². The number of nitrogens with zero attached hydrogens (tertiary/aromatic N) is 3. The molecule has 1 aromatic carbocycles. The lowest BCUT2D eigenvalue weighted by molar-refractivity contribution is -0.128. The van der Waals surface area contributed by atoms with Crippen molar-refractivity contribution in [1.29, 1.82) is 0 Å². The molecule has 0 atom stereocenters. The van der Waals surface area contributed by atoms with Crippen molar-refractivity contribution in [3.05, 3.63) is 65.1 Å². The van der Waals surface area contributed by atoms with Crippen molar-refractivity contribution < 1.29 is 9.59 Å². The van der Waals surface area contributed by atoms with Crippen LogP contribution in [0.2, 0.25) is 0 Å². The van der Waals surface area contributed by atoms with Gasteiger partial charge in [0, 0.05) is 75.7 Å². The van der Waals surface area contributed by atoms with Crippen LogP contribution in [-0.4, -0.2) is 54.6 Å². The zero-order chi connectivity index (χ0) is 21.7. The zero-order valence-electron chi connectivity index (χ0n) is 17.6. The molecule has 1 saturated heterocycles. The zero-order valence-corrected chi connectivity index (χ0v) is 17.6. The van der Waals surface area contributed by atoms with Crippen LogP contribution < -0.4 is 11.1 Å². The molecule has 2 aromatic rings. The smallest absolute Gasteiger partial charge is 0.269 e. The lowest BCUT2D eigenvalue weighted by Gasteiger charge is -2.30. The second kappa shape index (κ2) is 9.35. The molecule has 0 unspecified atom stereocenters.